The summed E-state index contributed by atoms with van der Waals surface area (Å²) in [5.41, 5.74) is 1.25. The Balaban J connectivity index is 1.96. The van der Waals surface area contributed by atoms with Gasteiger partial charge in [-0.05, 0) is 18.4 Å². The largest absolute Gasteiger partial charge is 0.498 e. The van der Waals surface area contributed by atoms with Crippen molar-refractivity contribution in [1.29, 1.82) is 0 Å². The normalized spacial score (nSPS) is 17.7. The molecule has 1 heterocycles. The molecule has 1 aromatic rings. The van der Waals surface area contributed by atoms with Gasteiger partial charge >= 0.3 is 5.97 Å². The Morgan fingerprint density at radius 2 is 2.00 bits per heavy atom. The molecule has 0 saturated carbocycles. The van der Waals surface area contributed by atoms with Gasteiger partial charge in [0, 0.05) is 20.3 Å². The predicted molar refractivity (Wildman–Crippen MR) is 83.8 cm³/mol. The second-order valence-electron chi connectivity index (χ2n) is 5.69. The maximum absolute atomic E-state index is 11.6. The highest BCUT2D eigenvalue weighted by Crippen LogP contribution is 2.26. The van der Waals surface area contributed by atoms with E-state index in [0.29, 0.717) is 12.2 Å². The smallest absolute Gasteiger partial charge is 0.337 e. The number of esters is 1. The average molecular weight is 302 g/mol. The van der Waals surface area contributed by atoms with Gasteiger partial charge in [0.25, 0.3) is 0 Å². The molecule has 0 radical (unpaired) electrons. The van der Waals surface area contributed by atoms with Gasteiger partial charge in [-0.25, -0.2) is 4.79 Å². The first-order valence-corrected chi connectivity index (χ1v) is 7.41. The minimum atomic E-state index is -0.931. The summed E-state index contributed by atoms with van der Waals surface area (Å²) in [4.78, 5) is 11.6. The Labute approximate surface area is 131 Å². The van der Waals surface area contributed by atoms with Crippen molar-refractivity contribution >= 4 is 5.97 Å². The van der Waals surface area contributed by atoms with Crippen LogP contribution in [-0.2, 0) is 25.4 Å². The molecule has 0 saturated heterocycles. The van der Waals surface area contributed by atoms with Crippen LogP contribution in [0.1, 0.15) is 32.3 Å². The number of carbonyl (C=O) groups excluding carboxylic acids is 1. The lowest BCUT2D eigenvalue weighted by Crippen LogP contribution is -2.35. The molecule has 0 N–H and O–H groups in total. The van der Waals surface area contributed by atoms with Crippen molar-refractivity contribution in [1.82, 2.24) is 0 Å². The van der Waals surface area contributed by atoms with Crippen LogP contribution in [-0.4, -0.2) is 17.9 Å². The molecular weight excluding hydrogens is 280 g/mol. The number of benzene rings is 1. The highest BCUT2D eigenvalue weighted by molar-refractivity contribution is 5.83. The van der Waals surface area contributed by atoms with E-state index in [2.05, 4.69) is 18.7 Å². The summed E-state index contributed by atoms with van der Waals surface area (Å²) in [6, 6.07) is 10.2. The molecule has 0 fully saturated rings. The predicted octanol–water partition coefficient (Wildman–Crippen LogP) is 3.73. The summed E-state index contributed by atoms with van der Waals surface area (Å²) >= 11 is 0. The quantitative estimate of drug-likeness (QED) is 0.568. The zero-order chi connectivity index (χ0) is 16.0. The van der Waals surface area contributed by atoms with E-state index in [4.69, 9.17) is 14.2 Å². The summed E-state index contributed by atoms with van der Waals surface area (Å²) in [5, 5.41) is 0. The Bertz CT molecular complexity index is 545. The van der Waals surface area contributed by atoms with Crippen LogP contribution >= 0.6 is 0 Å². The lowest BCUT2D eigenvalue weighted by atomic mass is 10.0. The number of hydrogen-bond acceptors (Lipinski definition) is 4. The summed E-state index contributed by atoms with van der Waals surface area (Å²) in [7, 11) is 0. The van der Waals surface area contributed by atoms with E-state index < -0.39 is 5.79 Å². The average Bonchev–Trinajstić information content (AvgIpc) is 2.44. The summed E-state index contributed by atoms with van der Waals surface area (Å²) < 4.78 is 16.3. The van der Waals surface area contributed by atoms with Gasteiger partial charge in [0.1, 0.15) is 11.9 Å². The maximum atomic E-state index is 11.6. The molecule has 0 bridgehead atoms. The summed E-state index contributed by atoms with van der Waals surface area (Å²) in [6.45, 7) is 7.05. The molecule has 22 heavy (non-hydrogen) atoms. The molecule has 2 rings (SSSR count). The molecule has 4 heteroatoms. The van der Waals surface area contributed by atoms with Gasteiger partial charge in [-0.15, -0.1) is 0 Å². The van der Waals surface area contributed by atoms with Crippen LogP contribution in [0, 0.1) is 0 Å². The van der Waals surface area contributed by atoms with E-state index in [-0.39, 0.29) is 12.1 Å². The third-order valence-corrected chi connectivity index (χ3v) is 3.32. The molecule has 118 valence electrons. The minimum absolute atomic E-state index is 0.0920. The highest BCUT2D eigenvalue weighted by Gasteiger charge is 2.31. The minimum Gasteiger partial charge on any atom is -0.498 e. The van der Waals surface area contributed by atoms with Crippen LogP contribution in [0.2, 0.25) is 0 Å². The van der Waals surface area contributed by atoms with E-state index in [1.807, 2.05) is 18.2 Å². The fourth-order valence-corrected chi connectivity index (χ4v) is 2.42. The van der Waals surface area contributed by atoms with Gasteiger partial charge in [0.2, 0.25) is 5.79 Å². The first kappa shape index (κ1) is 16.1. The molecule has 1 atom stereocenters. The lowest BCUT2D eigenvalue weighted by Gasteiger charge is -2.31. The number of hydrogen-bond donors (Lipinski definition) is 0. The van der Waals surface area contributed by atoms with Crippen molar-refractivity contribution in [2.75, 3.05) is 0 Å². The standard InChI is InChI=1S/C18H22O4/c1-4-20-15(11-10-14-8-6-5-7-9-14)12-16-13-17(19)22-18(2,3)21-16/h4-9,13,15H,1,10-12H2,2-3H3/t15-/m1/s1. The zero-order valence-corrected chi connectivity index (χ0v) is 13.1. The summed E-state index contributed by atoms with van der Waals surface area (Å²) in [5.74, 6) is -0.730. The van der Waals surface area contributed by atoms with Gasteiger partial charge in [0.05, 0.1) is 12.3 Å². The molecule has 0 aliphatic carbocycles. The van der Waals surface area contributed by atoms with E-state index in [0.717, 1.165) is 12.8 Å². The van der Waals surface area contributed by atoms with Crippen LogP contribution in [0.25, 0.3) is 0 Å². The molecule has 0 amide bonds. The Hall–Kier alpha value is -2.23. The molecule has 0 aromatic heterocycles. The van der Waals surface area contributed by atoms with Crippen molar-refractivity contribution in [3.8, 4) is 0 Å². The molecule has 1 aliphatic rings. The van der Waals surface area contributed by atoms with Gasteiger partial charge in [-0.3, -0.25) is 0 Å². The van der Waals surface area contributed by atoms with Gasteiger partial charge in [-0.2, -0.15) is 0 Å². The van der Waals surface area contributed by atoms with Crippen LogP contribution in [0.5, 0.6) is 0 Å². The maximum Gasteiger partial charge on any atom is 0.337 e. The number of aryl methyl sites for hydroxylation is 1. The molecule has 1 aromatic carbocycles. The number of rotatable bonds is 7. The molecule has 0 spiro atoms. The second kappa shape index (κ2) is 7.16. The van der Waals surface area contributed by atoms with Gasteiger partial charge < -0.3 is 14.2 Å². The van der Waals surface area contributed by atoms with Crippen molar-refractivity contribution in [3.05, 3.63) is 60.6 Å². The Morgan fingerprint density at radius 3 is 2.64 bits per heavy atom. The number of ether oxygens (including phenoxy) is 3. The number of cyclic esters (lactones) is 1. The number of carbonyl (C=O) groups is 1. The fraction of sp³-hybridized carbons (Fsp3) is 0.389. The van der Waals surface area contributed by atoms with Crippen LogP contribution in [0.3, 0.4) is 0 Å². The molecule has 4 nitrogen and oxygen atoms in total. The third kappa shape index (κ3) is 4.95. The Kier molecular flexibility index (Phi) is 5.26. The Morgan fingerprint density at radius 1 is 1.27 bits per heavy atom. The van der Waals surface area contributed by atoms with Crippen molar-refractivity contribution < 1.29 is 19.0 Å². The molecule has 0 unspecified atom stereocenters. The van der Waals surface area contributed by atoms with E-state index in [1.165, 1.54) is 17.9 Å². The fourth-order valence-electron chi connectivity index (χ4n) is 2.42. The zero-order valence-electron chi connectivity index (χ0n) is 13.1. The summed E-state index contributed by atoms with van der Waals surface area (Å²) in [6.07, 6.45) is 4.94. The first-order chi connectivity index (χ1) is 10.5. The van der Waals surface area contributed by atoms with Crippen LogP contribution < -0.4 is 0 Å². The monoisotopic (exact) mass is 302 g/mol. The van der Waals surface area contributed by atoms with Crippen molar-refractivity contribution in [2.24, 2.45) is 0 Å². The van der Waals surface area contributed by atoms with Gasteiger partial charge in [-0.1, -0.05) is 36.9 Å². The highest BCUT2D eigenvalue weighted by atomic mass is 16.7. The van der Waals surface area contributed by atoms with Crippen molar-refractivity contribution in [2.45, 2.75) is 45.0 Å². The topological polar surface area (TPSA) is 44.8 Å². The first-order valence-electron chi connectivity index (χ1n) is 7.41. The van der Waals surface area contributed by atoms with E-state index >= 15 is 0 Å². The van der Waals surface area contributed by atoms with Gasteiger partial charge in [0.15, 0.2) is 0 Å². The SMILES string of the molecule is C=CO[C@H](CCc1ccccc1)CC1=CC(=O)OC(C)(C)O1. The molecular formula is C18H22O4. The van der Waals surface area contributed by atoms with E-state index in [1.54, 1.807) is 13.8 Å². The third-order valence-electron chi connectivity index (χ3n) is 3.32. The second-order valence-corrected chi connectivity index (χ2v) is 5.69. The van der Waals surface area contributed by atoms with Crippen LogP contribution in [0.15, 0.2) is 55.0 Å². The van der Waals surface area contributed by atoms with Crippen LogP contribution in [0.4, 0.5) is 0 Å². The molecule has 1 aliphatic heterocycles. The van der Waals surface area contributed by atoms with E-state index in [9.17, 15) is 4.79 Å². The lowest BCUT2D eigenvalue weighted by molar-refractivity contribution is -0.206. The van der Waals surface area contributed by atoms with Crippen molar-refractivity contribution in [3.63, 3.8) is 0 Å².